The number of carbonyl (C=O) groups excluding carboxylic acids is 2. The van der Waals surface area contributed by atoms with Gasteiger partial charge in [0.2, 0.25) is 0 Å². The van der Waals surface area contributed by atoms with Crippen molar-refractivity contribution in [3.8, 4) is 0 Å². The summed E-state index contributed by atoms with van der Waals surface area (Å²) < 4.78 is 14.4. The second-order valence-corrected chi connectivity index (χ2v) is 2.92. The number of fused-ring (bicyclic) bond motifs is 1. The van der Waals surface area contributed by atoms with Gasteiger partial charge in [-0.3, -0.25) is 4.79 Å². The number of esters is 1. The Hall–Kier alpha value is -1.14. The summed E-state index contributed by atoms with van der Waals surface area (Å²) in [5, 5.41) is 9.21. The second kappa shape index (κ2) is 2.97. The van der Waals surface area contributed by atoms with Crippen LogP contribution in [0.15, 0.2) is 0 Å². The highest BCUT2D eigenvalue weighted by Gasteiger charge is 2.53. The van der Waals surface area contributed by atoms with Crippen molar-refractivity contribution in [2.75, 3.05) is 6.61 Å². The fourth-order valence-corrected chi connectivity index (χ4v) is 1.55. The van der Waals surface area contributed by atoms with Crippen molar-refractivity contribution in [2.24, 2.45) is 0 Å². The van der Waals surface area contributed by atoms with Gasteiger partial charge in [0.1, 0.15) is 6.10 Å². The van der Waals surface area contributed by atoms with Gasteiger partial charge in [-0.2, -0.15) is 0 Å². The fraction of sp³-hybridized carbons (Fsp3) is 0.714. The minimum atomic E-state index is -1.26. The number of carbonyl (C=O) groups is 2. The van der Waals surface area contributed by atoms with Gasteiger partial charge >= 0.3 is 5.97 Å². The molecule has 2 fully saturated rings. The lowest BCUT2D eigenvalue weighted by atomic mass is 10.1. The maximum Gasteiger partial charge on any atom is 0.338 e. The van der Waals surface area contributed by atoms with Crippen LogP contribution < -0.4 is 0 Å². The maximum atomic E-state index is 10.8. The smallest absolute Gasteiger partial charge is 0.338 e. The minimum absolute atomic E-state index is 0.151. The average Bonchev–Trinajstić information content (AvgIpc) is 2.59. The zero-order valence-electron chi connectivity index (χ0n) is 6.58. The summed E-state index contributed by atoms with van der Waals surface area (Å²) in [7, 11) is 0. The van der Waals surface area contributed by atoms with Crippen molar-refractivity contribution in [2.45, 2.75) is 24.4 Å². The molecular weight excluding hydrogens is 180 g/mol. The average molecular weight is 188 g/mol. The third-order valence-corrected chi connectivity index (χ3v) is 2.18. The molecule has 1 N–H and O–H groups in total. The standard InChI is InChI=1S/C7H8O6/c8-2-12-3-1-11-6-4(9)7(10)13-5(3)6/h2-6,9H,1H2/t3-,4+,5-,6-/m1/s1. The number of aliphatic hydroxyl groups excluding tert-OH is 1. The van der Waals surface area contributed by atoms with Gasteiger partial charge in [-0.25, -0.2) is 4.79 Å². The van der Waals surface area contributed by atoms with E-state index in [4.69, 9.17) is 9.47 Å². The molecule has 0 amide bonds. The number of rotatable bonds is 2. The summed E-state index contributed by atoms with van der Waals surface area (Å²) >= 11 is 0. The number of aliphatic hydroxyl groups is 1. The van der Waals surface area contributed by atoms with Crippen LogP contribution in [0.2, 0.25) is 0 Å². The van der Waals surface area contributed by atoms with Crippen LogP contribution >= 0.6 is 0 Å². The van der Waals surface area contributed by atoms with E-state index in [1.807, 2.05) is 0 Å². The van der Waals surface area contributed by atoms with Crippen molar-refractivity contribution < 1.29 is 28.9 Å². The van der Waals surface area contributed by atoms with Gasteiger partial charge in [0.15, 0.2) is 18.3 Å². The highest BCUT2D eigenvalue weighted by Crippen LogP contribution is 2.29. The van der Waals surface area contributed by atoms with Crippen LogP contribution in [0.1, 0.15) is 0 Å². The molecule has 0 aromatic rings. The summed E-state index contributed by atoms with van der Waals surface area (Å²) in [6, 6.07) is 0. The minimum Gasteiger partial charge on any atom is -0.458 e. The first-order valence-electron chi connectivity index (χ1n) is 3.83. The highest BCUT2D eigenvalue weighted by molar-refractivity contribution is 5.78. The Bertz CT molecular complexity index is 239. The Kier molecular flexibility index (Phi) is 1.93. The summed E-state index contributed by atoms with van der Waals surface area (Å²) in [6.07, 6.45) is -3.21. The van der Waals surface area contributed by atoms with Crippen molar-refractivity contribution in [1.29, 1.82) is 0 Å². The van der Waals surface area contributed by atoms with Crippen molar-refractivity contribution in [3.05, 3.63) is 0 Å². The monoisotopic (exact) mass is 188 g/mol. The Balaban J connectivity index is 2.08. The van der Waals surface area contributed by atoms with E-state index in [2.05, 4.69) is 4.74 Å². The van der Waals surface area contributed by atoms with Crippen LogP contribution in [0.4, 0.5) is 0 Å². The Morgan fingerprint density at radius 1 is 1.54 bits per heavy atom. The van der Waals surface area contributed by atoms with Crippen LogP contribution in [0.25, 0.3) is 0 Å². The third kappa shape index (κ3) is 1.18. The van der Waals surface area contributed by atoms with E-state index in [0.29, 0.717) is 0 Å². The molecule has 0 radical (unpaired) electrons. The molecule has 2 saturated heterocycles. The molecule has 2 aliphatic rings. The van der Waals surface area contributed by atoms with Crippen molar-refractivity contribution >= 4 is 12.4 Å². The van der Waals surface area contributed by atoms with E-state index in [1.54, 1.807) is 0 Å². The molecule has 6 nitrogen and oxygen atoms in total. The van der Waals surface area contributed by atoms with Crippen LogP contribution in [0, 0.1) is 0 Å². The molecule has 2 heterocycles. The van der Waals surface area contributed by atoms with Gasteiger partial charge in [-0.1, -0.05) is 0 Å². The summed E-state index contributed by atoms with van der Waals surface area (Å²) in [6.45, 7) is 0.424. The van der Waals surface area contributed by atoms with E-state index in [9.17, 15) is 14.7 Å². The predicted molar refractivity (Wildman–Crippen MR) is 36.6 cm³/mol. The van der Waals surface area contributed by atoms with Gasteiger partial charge in [0.25, 0.3) is 6.47 Å². The fourth-order valence-electron chi connectivity index (χ4n) is 1.55. The number of ether oxygens (including phenoxy) is 3. The molecule has 0 saturated carbocycles. The predicted octanol–water partition coefficient (Wildman–Crippen LogP) is -1.79. The molecule has 0 spiro atoms. The topological polar surface area (TPSA) is 82.1 Å². The maximum absolute atomic E-state index is 10.8. The summed E-state index contributed by atoms with van der Waals surface area (Å²) in [5.41, 5.74) is 0. The lowest BCUT2D eigenvalue weighted by Crippen LogP contribution is -2.32. The first-order valence-corrected chi connectivity index (χ1v) is 3.83. The van der Waals surface area contributed by atoms with E-state index in [1.165, 1.54) is 0 Å². The molecule has 2 rings (SSSR count). The lowest BCUT2D eigenvalue weighted by molar-refractivity contribution is -0.155. The molecular formula is C7H8O6. The molecule has 0 aromatic carbocycles. The van der Waals surface area contributed by atoms with Gasteiger partial charge in [-0.05, 0) is 0 Å². The van der Waals surface area contributed by atoms with Gasteiger partial charge < -0.3 is 19.3 Å². The lowest BCUT2D eigenvalue weighted by Gasteiger charge is -2.12. The SMILES string of the molecule is O=CO[C@@H]1CO[C@H]2[C@@H]1OC(=O)[C@H]2O. The molecule has 13 heavy (non-hydrogen) atoms. The van der Waals surface area contributed by atoms with Gasteiger partial charge in [0, 0.05) is 0 Å². The van der Waals surface area contributed by atoms with Crippen LogP contribution in [0.5, 0.6) is 0 Å². The first-order chi connectivity index (χ1) is 6.24. The number of hydrogen-bond donors (Lipinski definition) is 1. The first kappa shape index (κ1) is 8.46. The van der Waals surface area contributed by atoms with Crippen molar-refractivity contribution in [1.82, 2.24) is 0 Å². The normalized spacial score (nSPS) is 42.7. The van der Waals surface area contributed by atoms with Crippen LogP contribution in [-0.2, 0) is 23.8 Å². The zero-order valence-corrected chi connectivity index (χ0v) is 6.58. The van der Waals surface area contributed by atoms with E-state index >= 15 is 0 Å². The number of hydrogen-bond acceptors (Lipinski definition) is 6. The van der Waals surface area contributed by atoms with E-state index in [0.717, 1.165) is 0 Å². The van der Waals surface area contributed by atoms with E-state index < -0.39 is 30.4 Å². The Morgan fingerprint density at radius 3 is 3.00 bits per heavy atom. The third-order valence-electron chi connectivity index (χ3n) is 2.18. The molecule has 6 heteroatoms. The molecule has 0 bridgehead atoms. The largest absolute Gasteiger partial charge is 0.458 e. The quantitative estimate of drug-likeness (QED) is 0.407. The van der Waals surface area contributed by atoms with Crippen LogP contribution in [-0.4, -0.2) is 48.6 Å². The van der Waals surface area contributed by atoms with Gasteiger partial charge in [-0.15, -0.1) is 0 Å². The Morgan fingerprint density at radius 2 is 2.31 bits per heavy atom. The molecule has 2 aliphatic heterocycles. The summed E-state index contributed by atoms with van der Waals surface area (Å²) in [4.78, 5) is 20.9. The zero-order chi connectivity index (χ0) is 9.42. The van der Waals surface area contributed by atoms with E-state index in [-0.39, 0.29) is 13.1 Å². The summed E-state index contributed by atoms with van der Waals surface area (Å²) in [5.74, 6) is -0.728. The van der Waals surface area contributed by atoms with Crippen LogP contribution in [0.3, 0.4) is 0 Å². The second-order valence-electron chi connectivity index (χ2n) is 2.92. The Labute approximate surface area is 73.4 Å². The molecule has 4 atom stereocenters. The molecule has 0 aromatic heterocycles. The van der Waals surface area contributed by atoms with Gasteiger partial charge in [0.05, 0.1) is 6.61 Å². The van der Waals surface area contributed by atoms with Crippen molar-refractivity contribution in [3.63, 3.8) is 0 Å². The molecule has 0 aliphatic carbocycles. The highest BCUT2D eigenvalue weighted by atomic mass is 16.7. The molecule has 0 unspecified atom stereocenters. The molecule has 72 valence electrons.